The lowest BCUT2D eigenvalue weighted by Gasteiger charge is -2.41. The zero-order chi connectivity index (χ0) is 19.8. The van der Waals surface area contributed by atoms with E-state index >= 15 is 0 Å². The van der Waals surface area contributed by atoms with E-state index in [0.29, 0.717) is 17.6 Å². The largest absolute Gasteiger partial charge is 0.362 e. The summed E-state index contributed by atoms with van der Waals surface area (Å²) in [7, 11) is 0. The monoisotopic (exact) mass is 524 g/mol. The lowest BCUT2D eigenvalue weighted by Crippen LogP contribution is -2.52. The minimum absolute atomic E-state index is 0.0564. The zero-order valence-electron chi connectivity index (χ0n) is 15.4. The fourth-order valence-corrected chi connectivity index (χ4v) is 5.92. The van der Waals surface area contributed by atoms with Crippen LogP contribution in [0.1, 0.15) is 49.6 Å². The molecule has 3 aliphatic heterocycles. The number of imidazole rings is 1. The fourth-order valence-electron chi connectivity index (χ4n) is 4.83. The van der Waals surface area contributed by atoms with Gasteiger partial charge in [-0.2, -0.15) is 0 Å². The first-order valence-electron chi connectivity index (χ1n) is 9.20. The summed E-state index contributed by atoms with van der Waals surface area (Å²) in [5.74, 6) is 0.156. The number of hydrogen-bond acceptors (Lipinski definition) is 3. The average Bonchev–Trinajstić information content (AvgIpc) is 3.21. The number of aromatic amines is 1. The van der Waals surface area contributed by atoms with E-state index in [-0.39, 0.29) is 22.6 Å². The maximum absolute atomic E-state index is 13.0. The topological polar surface area (TPSA) is 61.0 Å². The third kappa shape index (κ3) is 2.48. The summed E-state index contributed by atoms with van der Waals surface area (Å²) in [4.78, 5) is 22.7. The highest BCUT2D eigenvalue weighted by molar-refractivity contribution is 9.10. The summed E-state index contributed by atoms with van der Waals surface area (Å²) in [6.45, 7) is 4.25. The maximum Gasteiger partial charge on any atom is 0.229 e. The van der Waals surface area contributed by atoms with Crippen LogP contribution in [-0.4, -0.2) is 31.8 Å². The third-order valence-corrected chi connectivity index (χ3v) is 7.97. The molecule has 5 nitrogen and oxygen atoms in total. The van der Waals surface area contributed by atoms with Crippen LogP contribution < -0.4 is 5.32 Å². The van der Waals surface area contributed by atoms with Gasteiger partial charge in [0.1, 0.15) is 5.66 Å². The van der Waals surface area contributed by atoms with Crippen molar-refractivity contribution in [3.8, 4) is 0 Å². The number of fused-ring (bicyclic) bond motifs is 3. The van der Waals surface area contributed by atoms with Crippen molar-refractivity contribution in [2.45, 2.75) is 49.1 Å². The Morgan fingerprint density at radius 1 is 1.32 bits per heavy atom. The lowest BCUT2D eigenvalue weighted by molar-refractivity contribution is -0.127. The number of halogens is 3. The van der Waals surface area contributed by atoms with Gasteiger partial charge in [-0.3, -0.25) is 9.69 Å². The third-order valence-electron chi connectivity index (χ3n) is 6.40. The maximum atomic E-state index is 13.0. The Kier molecular flexibility index (Phi) is 4.07. The van der Waals surface area contributed by atoms with Crippen LogP contribution >= 0.6 is 43.5 Å². The molecule has 0 bridgehead atoms. The predicted molar refractivity (Wildman–Crippen MR) is 117 cm³/mol. The second kappa shape index (κ2) is 6.09. The smallest absolute Gasteiger partial charge is 0.229 e. The van der Waals surface area contributed by atoms with E-state index in [1.807, 2.05) is 23.2 Å². The van der Waals surface area contributed by atoms with Gasteiger partial charge in [-0.15, -0.1) is 11.6 Å². The molecule has 5 rings (SSSR count). The molecule has 0 aliphatic carbocycles. The second-order valence-electron chi connectivity index (χ2n) is 8.30. The second-order valence-corrected chi connectivity index (χ2v) is 10.5. The number of alkyl halides is 1. The van der Waals surface area contributed by atoms with E-state index < -0.39 is 5.66 Å². The summed E-state index contributed by atoms with van der Waals surface area (Å²) in [6, 6.07) is 6.22. The van der Waals surface area contributed by atoms with Crippen molar-refractivity contribution < 1.29 is 4.79 Å². The standard InChI is InChI=1S/C20H19Br2ClN4O/c1-19(2)15(23)9-20-12(11-4-3-10(21)7-14(11)26-20)8-16(28)27(20)6-5-13-17(19)25-18(22)24-13/h3-7,12,15,26H,8-9H2,1-2H3,(H,24,25)/b6-5-/t12-,15?,20+/m1/s1. The Hall–Kier alpha value is -1.31. The van der Waals surface area contributed by atoms with Crippen molar-refractivity contribution in [3.05, 3.63) is 50.6 Å². The molecule has 1 aromatic heterocycles. The van der Waals surface area contributed by atoms with Crippen LogP contribution in [0.5, 0.6) is 0 Å². The lowest BCUT2D eigenvalue weighted by atomic mass is 9.78. The van der Waals surface area contributed by atoms with E-state index in [1.54, 1.807) is 0 Å². The molecule has 0 radical (unpaired) electrons. The molecule has 1 saturated heterocycles. The van der Waals surface area contributed by atoms with Gasteiger partial charge < -0.3 is 10.3 Å². The van der Waals surface area contributed by atoms with Gasteiger partial charge in [-0.05, 0) is 39.7 Å². The van der Waals surface area contributed by atoms with Gasteiger partial charge in [0.25, 0.3) is 0 Å². The Labute approximate surface area is 185 Å². The van der Waals surface area contributed by atoms with Crippen LogP contribution in [0, 0.1) is 0 Å². The summed E-state index contributed by atoms with van der Waals surface area (Å²) in [5, 5.41) is 3.45. The molecule has 2 N–H and O–H groups in total. The van der Waals surface area contributed by atoms with E-state index in [4.69, 9.17) is 11.6 Å². The summed E-state index contributed by atoms with van der Waals surface area (Å²) < 4.78 is 1.68. The number of carbonyl (C=O) groups excluding carboxylic acids is 1. The Balaban J connectivity index is 1.68. The van der Waals surface area contributed by atoms with E-state index in [2.05, 4.69) is 73.1 Å². The van der Waals surface area contributed by atoms with Crippen molar-refractivity contribution in [1.29, 1.82) is 0 Å². The fraction of sp³-hybridized carbons (Fsp3) is 0.400. The number of carbonyl (C=O) groups is 1. The molecular formula is C20H19Br2ClN4O. The van der Waals surface area contributed by atoms with Crippen LogP contribution in [0.25, 0.3) is 6.08 Å². The number of aromatic nitrogens is 2. The summed E-state index contributed by atoms with van der Waals surface area (Å²) >= 11 is 14.1. The van der Waals surface area contributed by atoms with E-state index in [0.717, 1.165) is 21.5 Å². The molecule has 146 valence electrons. The van der Waals surface area contributed by atoms with Gasteiger partial charge in [-0.25, -0.2) is 4.98 Å². The molecule has 4 heterocycles. The highest BCUT2D eigenvalue weighted by Gasteiger charge is 2.59. The van der Waals surface area contributed by atoms with Crippen molar-refractivity contribution in [2.24, 2.45) is 0 Å². The molecule has 0 saturated carbocycles. The Bertz CT molecular complexity index is 1030. The Morgan fingerprint density at radius 2 is 2.11 bits per heavy atom. The summed E-state index contributed by atoms with van der Waals surface area (Å²) in [6.07, 6.45) is 4.86. The number of anilines is 1. The van der Waals surface area contributed by atoms with Gasteiger partial charge in [-0.1, -0.05) is 35.8 Å². The van der Waals surface area contributed by atoms with E-state index in [9.17, 15) is 4.79 Å². The van der Waals surface area contributed by atoms with Gasteiger partial charge in [0, 0.05) is 45.9 Å². The first kappa shape index (κ1) is 18.7. The highest BCUT2D eigenvalue weighted by atomic mass is 79.9. The van der Waals surface area contributed by atoms with Gasteiger partial charge >= 0.3 is 0 Å². The molecule has 1 unspecified atom stereocenters. The molecule has 28 heavy (non-hydrogen) atoms. The van der Waals surface area contributed by atoms with Crippen LogP contribution in [0.3, 0.4) is 0 Å². The van der Waals surface area contributed by atoms with Crippen LogP contribution in [0.4, 0.5) is 5.69 Å². The van der Waals surface area contributed by atoms with Crippen LogP contribution in [0.2, 0.25) is 0 Å². The Morgan fingerprint density at radius 3 is 2.89 bits per heavy atom. The number of amides is 1. The number of nitrogens with one attached hydrogen (secondary N) is 2. The quantitative estimate of drug-likeness (QED) is 0.456. The molecule has 1 aromatic carbocycles. The number of hydrogen-bond donors (Lipinski definition) is 2. The number of rotatable bonds is 0. The molecule has 3 atom stereocenters. The van der Waals surface area contributed by atoms with Crippen LogP contribution in [-0.2, 0) is 10.2 Å². The first-order chi connectivity index (χ1) is 13.2. The van der Waals surface area contributed by atoms with Crippen molar-refractivity contribution in [1.82, 2.24) is 14.9 Å². The summed E-state index contributed by atoms with van der Waals surface area (Å²) in [5.41, 5.74) is 3.07. The van der Waals surface area contributed by atoms with Crippen LogP contribution in [0.15, 0.2) is 33.6 Å². The van der Waals surface area contributed by atoms with Gasteiger partial charge in [0.15, 0.2) is 4.73 Å². The van der Waals surface area contributed by atoms with Crippen molar-refractivity contribution in [2.75, 3.05) is 5.32 Å². The molecule has 2 aromatic rings. The minimum atomic E-state index is -0.568. The van der Waals surface area contributed by atoms with Gasteiger partial charge in [0.2, 0.25) is 5.91 Å². The number of nitrogens with zero attached hydrogens (tertiary/aromatic N) is 2. The number of benzene rings is 1. The molecular weight excluding hydrogens is 508 g/mol. The number of H-pyrrole nitrogens is 1. The molecule has 3 aliphatic rings. The minimum Gasteiger partial charge on any atom is -0.362 e. The molecule has 1 amide bonds. The molecule has 1 fully saturated rings. The normalized spacial score (nSPS) is 31.0. The molecule has 1 spiro atoms. The predicted octanol–water partition coefficient (Wildman–Crippen LogP) is 5.33. The van der Waals surface area contributed by atoms with Gasteiger partial charge in [0.05, 0.1) is 11.4 Å². The SMILES string of the molecule is CC1(C)c2[nH]c(Br)nc2/C=C\N2C(=O)C[C@@H]3c4ccc(Br)cc4N[C@]32CC1Cl. The first-order valence-corrected chi connectivity index (χ1v) is 11.2. The highest BCUT2D eigenvalue weighted by Crippen LogP contribution is 2.56. The van der Waals surface area contributed by atoms with E-state index in [1.165, 1.54) is 5.56 Å². The van der Waals surface area contributed by atoms with Crippen molar-refractivity contribution >= 4 is 61.1 Å². The molecule has 8 heteroatoms. The zero-order valence-corrected chi connectivity index (χ0v) is 19.3. The average molecular weight is 527 g/mol. The van der Waals surface area contributed by atoms with Crippen molar-refractivity contribution in [3.63, 3.8) is 0 Å².